The van der Waals surface area contributed by atoms with Crippen LogP contribution in [-0.4, -0.2) is 9.94 Å². The maximum Gasteiger partial charge on any atom is 0.248 e. The van der Waals surface area contributed by atoms with Crippen molar-refractivity contribution < 1.29 is 9.94 Å². The Balaban J connectivity index is 0.000000160. The lowest BCUT2D eigenvalue weighted by Gasteiger charge is -1.94. The van der Waals surface area contributed by atoms with Crippen molar-refractivity contribution in [2.45, 2.75) is 5.03 Å². The Bertz CT molecular complexity index is 493. The van der Waals surface area contributed by atoms with Crippen molar-refractivity contribution >= 4 is 24.8 Å². The highest BCUT2D eigenvalue weighted by molar-refractivity contribution is 7.80. The van der Waals surface area contributed by atoms with Gasteiger partial charge in [-0.1, -0.05) is 30.9 Å². The first kappa shape index (κ1) is 12.5. The molecule has 0 amide bonds. The summed E-state index contributed by atoms with van der Waals surface area (Å²) in [6, 6.07) is 10.2. The number of pyridine rings is 2. The molecule has 84 valence electrons. The van der Waals surface area contributed by atoms with E-state index >= 15 is 0 Å². The van der Waals surface area contributed by atoms with Crippen LogP contribution in [0.15, 0.2) is 53.8 Å². The van der Waals surface area contributed by atoms with Crippen molar-refractivity contribution in [1.29, 1.82) is 0 Å². The predicted molar refractivity (Wildman–Crippen MR) is 65.1 cm³/mol. The largest absolute Gasteiger partial charge is 0.618 e. The zero-order chi connectivity index (χ0) is 12.0. The molecule has 0 aliphatic carbocycles. The molecule has 0 spiro atoms. The first-order chi connectivity index (χ1) is 7.61. The Morgan fingerprint density at radius 1 is 1.25 bits per heavy atom. The van der Waals surface area contributed by atoms with E-state index in [2.05, 4.69) is 24.8 Å². The van der Waals surface area contributed by atoms with Crippen LogP contribution in [0.1, 0.15) is 0 Å². The van der Waals surface area contributed by atoms with Gasteiger partial charge in [0.1, 0.15) is 4.64 Å². The molecule has 0 aromatic carbocycles. The van der Waals surface area contributed by atoms with Gasteiger partial charge in [0, 0.05) is 18.3 Å². The fourth-order valence-corrected chi connectivity index (χ4v) is 1.13. The highest BCUT2D eigenvalue weighted by atomic mass is 32.1. The minimum absolute atomic E-state index is 0.424. The monoisotopic (exact) mass is 254 g/mol. The van der Waals surface area contributed by atoms with Crippen LogP contribution in [0, 0.1) is 9.85 Å². The van der Waals surface area contributed by atoms with Gasteiger partial charge in [0.25, 0.3) is 0 Å². The summed E-state index contributed by atoms with van der Waals surface area (Å²) >= 11 is 8.51. The van der Waals surface area contributed by atoms with E-state index < -0.39 is 0 Å². The molecular formula is C10H10N2O2S2. The summed E-state index contributed by atoms with van der Waals surface area (Å²) in [5, 5.41) is 19.6. The van der Waals surface area contributed by atoms with Gasteiger partial charge in [-0.05, 0) is 18.2 Å². The standard InChI is InChI=1S/2C5H5NOS/c2*7-6-4-2-1-3-5(6)8/h1-4,8H;1-4,7H. The summed E-state index contributed by atoms with van der Waals surface area (Å²) in [4.78, 5) is 0. The number of aromatic nitrogens is 2. The summed E-state index contributed by atoms with van der Waals surface area (Å²) in [5.74, 6) is 0. The highest BCUT2D eigenvalue weighted by Gasteiger charge is 1.90. The lowest BCUT2D eigenvalue weighted by atomic mass is 10.5. The third-order valence-electron chi connectivity index (χ3n) is 1.61. The molecule has 2 aromatic heterocycles. The normalized spacial score (nSPS) is 9.06. The highest BCUT2D eigenvalue weighted by Crippen LogP contribution is 1.93. The van der Waals surface area contributed by atoms with Gasteiger partial charge in [-0.2, -0.15) is 9.46 Å². The molecular weight excluding hydrogens is 244 g/mol. The minimum Gasteiger partial charge on any atom is -0.618 e. The second kappa shape index (κ2) is 6.14. The number of hydrogen-bond acceptors (Lipinski definition) is 4. The van der Waals surface area contributed by atoms with E-state index in [4.69, 9.17) is 5.21 Å². The Labute approximate surface area is 103 Å². The number of nitrogens with zero attached hydrogens (tertiary/aromatic N) is 2. The topological polar surface area (TPSA) is 52.1 Å². The van der Waals surface area contributed by atoms with E-state index in [-0.39, 0.29) is 0 Å². The molecule has 0 bridgehead atoms. The van der Waals surface area contributed by atoms with Gasteiger partial charge in [0.2, 0.25) is 5.03 Å². The van der Waals surface area contributed by atoms with E-state index in [1.807, 2.05) is 0 Å². The van der Waals surface area contributed by atoms with Crippen LogP contribution >= 0.6 is 24.8 Å². The maximum absolute atomic E-state index is 10.5. The molecule has 0 radical (unpaired) electrons. The molecule has 6 heteroatoms. The van der Waals surface area contributed by atoms with Crippen LogP contribution in [0.25, 0.3) is 0 Å². The zero-order valence-corrected chi connectivity index (χ0v) is 9.94. The molecule has 0 aliphatic rings. The molecule has 0 saturated heterocycles. The van der Waals surface area contributed by atoms with Crippen LogP contribution in [-0.2, 0) is 0 Å². The van der Waals surface area contributed by atoms with Crippen LogP contribution in [0.5, 0.6) is 0 Å². The van der Waals surface area contributed by atoms with Crippen LogP contribution in [0.4, 0.5) is 0 Å². The fraction of sp³-hybridized carbons (Fsp3) is 0. The first-order valence-corrected chi connectivity index (χ1v) is 5.21. The van der Waals surface area contributed by atoms with E-state index in [0.29, 0.717) is 14.4 Å². The Morgan fingerprint density at radius 2 is 1.94 bits per heavy atom. The van der Waals surface area contributed by atoms with Gasteiger partial charge in [0.05, 0.1) is 0 Å². The molecule has 2 rings (SSSR count). The third kappa shape index (κ3) is 3.92. The van der Waals surface area contributed by atoms with Crippen molar-refractivity contribution in [2.75, 3.05) is 0 Å². The fourth-order valence-electron chi connectivity index (χ4n) is 0.838. The van der Waals surface area contributed by atoms with Crippen LogP contribution < -0.4 is 4.73 Å². The molecule has 0 fully saturated rings. The van der Waals surface area contributed by atoms with Gasteiger partial charge in [-0.25, -0.2) is 0 Å². The maximum atomic E-state index is 10.5. The average molecular weight is 254 g/mol. The van der Waals surface area contributed by atoms with Gasteiger partial charge >= 0.3 is 0 Å². The molecule has 16 heavy (non-hydrogen) atoms. The molecule has 2 aromatic rings. The lowest BCUT2D eigenvalue weighted by Crippen LogP contribution is -2.26. The summed E-state index contributed by atoms with van der Waals surface area (Å²) in [6.07, 6.45) is 2.89. The molecule has 4 nitrogen and oxygen atoms in total. The molecule has 0 unspecified atom stereocenters. The van der Waals surface area contributed by atoms with Crippen molar-refractivity contribution in [3.05, 3.63) is 58.6 Å². The van der Waals surface area contributed by atoms with E-state index in [0.717, 1.165) is 4.73 Å². The lowest BCUT2D eigenvalue weighted by molar-refractivity contribution is -0.645. The van der Waals surface area contributed by atoms with Crippen LogP contribution in [0.3, 0.4) is 0 Å². The number of rotatable bonds is 0. The van der Waals surface area contributed by atoms with Gasteiger partial charge < -0.3 is 10.4 Å². The zero-order valence-electron chi connectivity index (χ0n) is 8.22. The smallest absolute Gasteiger partial charge is 0.248 e. The Kier molecular flexibility index (Phi) is 4.81. The Morgan fingerprint density at radius 3 is 2.31 bits per heavy atom. The summed E-state index contributed by atoms with van der Waals surface area (Å²) in [7, 11) is 0. The first-order valence-electron chi connectivity index (χ1n) is 4.35. The minimum atomic E-state index is 0.424. The second-order valence-electron chi connectivity index (χ2n) is 2.77. The number of hydrogen-bond donors (Lipinski definition) is 2. The molecule has 2 heterocycles. The molecule has 0 saturated carbocycles. The number of thiol groups is 1. The third-order valence-corrected chi connectivity index (χ3v) is 2.28. The van der Waals surface area contributed by atoms with Gasteiger partial charge in [0.15, 0.2) is 6.20 Å². The van der Waals surface area contributed by atoms with Gasteiger partial charge in [-0.3, -0.25) is 0 Å². The van der Waals surface area contributed by atoms with Crippen molar-refractivity contribution in [1.82, 2.24) is 4.73 Å². The summed E-state index contributed by atoms with van der Waals surface area (Å²) in [6.45, 7) is 0. The molecule has 0 aliphatic heterocycles. The SMILES string of the molecule is On1ccccc1=S.[O-][n+]1ccccc1S. The second-order valence-corrected chi connectivity index (χ2v) is 3.64. The van der Waals surface area contributed by atoms with E-state index in [1.54, 1.807) is 36.4 Å². The average Bonchev–Trinajstić information content (AvgIpc) is 2.28. The van der Waals surface area contributed by atoms with Crippen LogP contribution in [0.2, 0.25) is 0 Å². The van der Waals surface area contributed by atoms with Crippen molar-refractivity contribution in [3.63, 3.8) is 0 Å². The summed E-state index contributed by atoms with van der Waals surface area (Å²) < 4.78 is 2.02. The quantitative estimate of drug-likeness (QED) is 0.249. The Hall–Kier alpha value is -1.53. The summed E-state index contributed by atoms with van der Waals surface area (Å²) in [5.41, 5.74) is 0. The van der Waals surface area contributed by atoms with Crippen molar-refractivity contribution in [2.24, 2.45) is 0 Å². The van der Waals surface area contributed by atoms with E-state index in [9.17, 15) is 5.21 Å². The van der Waals surface area contributed by atoms with Gasteiger partial charge in [-0.15, -0.1) is 0 Å². The molecule has 0 atom stereocenters. The van der Waals surface area contributed by atoms with E-state index in [1.165, 1.54) is 12.4 Å². The molecule has 1 N–H and O–H groups in total. The predicted octanol–water partition coefficient (Wildman–Crippen LogP) is 2.06. The van der Waals surface area contributed by atoms with Crippen molar-refractivity contribution in [3.8, 4) is 0 Å².